The Morgan fingerprint density at radius 2 is 1.83 bits per heavy atom. The molecule has 0 saturated heterocycles. The fourth-order valence-corrected chi connectivity index (χ4v) is 2.60. The molecule has 100 valence electrons. The summed E-state index contributed by atoms with van der Waals surface area (Å²) in [4.78, 5) is 0. The molecule has 1 aliphatic carbocycles. The third-order valence-electron chi connectivity index (χ3n) is 3.77. The van der Waals surface area contributed by atoms with Gasteiger partial charge in [0.2, 0.25) is 0 Å². The Balaban J connectivity index is 1.86. The molecule has 0 aromatic heterocycles. The van der Waals surface area contributed by atoms with Gasteiger partial charge in [-0.15, -0.1) is 0 Å². The second-order valence-corrected chi connectivity index (χ2v) is 5.19. The number of nitrogens with one attached hydrogen (secondary N) is 1. The van der Waals surface area contributed by atoms with Crippen LogP contribution in [0.1, 0.15) is 36.8 Å². The highest BCUT2D eigenvalue weighted by molar-refractivity contribution is 5.26. The van der Waals surface area contributed by atoms with E-state index in [1.165, 1.54) is 24.0 Å². The molecule has 0 heterocycles. The van der Waals surface area contributed by atoms with Crippen LogP contribution in [0.3, 0.4) is 0 Å². The molecule has 1 aromatic carbocycles. The minimum atomic E-state index is 0.420. The predicted molar refractivity (Wildman–Crippen MR) is 74.2 cm³/mol. The molecule has 1 fully saturated rings. The van der Waals surface area contributed by atoms with Crippen molar-refractivity contribution < 1.29 is 4.74 Å². The van der Waals surface area contributed by atoms with Crippen molar-refractivity contribution in [1.82, 2.24) is 5.32 Å². The first-order chi connectivity index (χ1) is 8.79. The van der Waals surface area contributed by atoms with Crippen molar-refractivity contribution in [2.75, 3.05) is 7.11 Å². The Labute approximate surface area is 110 Å². The first-order valence-corrected chi connectivity index (χ1v) is 6.84. The zero-order chi connectivity index (χ0) is 12.8. The zero-order valence-corrected chi connectivity index (χ0v) is 11.2. The average molecular weight is 248 g/mol. The molecular formula is C15H24N2O. The lowest BCUT2D eigenvalue weighted by Crippen LogP contribution is -2.37. The molecule has 0 atom stereocenters. The van der Waals surface area contributed by atoms with Gasteiger partial charge < -0.3 is 15.8 Å². The van der Waals surface area contributed by atoms with E-state index in [9.17, 15) is 0 Å². The maximum Gasteiger partial charge on any atom is 0.0716 e. The number of benzene rings is 1. The summed E-state index contributed by atoms with van der Waals surface area (Å²) in [5.74, 6) is 0. The number of hydrogen-bond acceptors (Lipinski definition) is 3. The van der Waals surface area contributed by atoms with Crippen LogP contribution in [0.2, 0.25) is 0 Å². The lowest BCUT2D eigenvalue weighted by molar-refractivity contribution is 0.184. The Kier molecular flexibility index (Phi) is 5.17. The molecule has 3 heteroatoms. The monoisotopic (exact) mass is 248 g/mol. The van der Waals surface area contributed by atoms with Gasteiger partial charge in [-0.3, -0.25) is 0 Å². The quantitative estimate of drug-likeness (QED) is 0.839. The number of rotatable bonds is 5. The van der Waals surface area contributed by atoms with E-state index in [-0.39, 0.29) is 0 Å². The number of hydrogen-bond donors (Lipinski definition) is 2. The van der Waals surface area contributed by atoms with Gasteiger partial charge in [0.15, 0.2) is 0 Å². The smallest absolute Gasteiger partial charge is 0.0716 e. The lowest BCUT2D eigenvalue weighted by atomic mass is 9.91. The van der Waals surface area contributed by atoms with E-state index < -0.39 is 0 Å². The van der Waals surface area contributed by atoms with Crippen LogP contribution in [0, 0.1) is 0 Å². The van der Waals surface area contributed by atoms with Crippen LogP contribution in [0.5, 0.6) is 0 Å². The van der Waals surface area contributed by atoms with Crippen LogP contribution in [0.4, 0.5) is 0 Å². The van der Waals surface area contributed by atoms with Gasteiger partial charge in [0.1, 0.15) is 0 Å². The minimum Gasteiger partial charge on any atom is -0.380 e. The van der Waals surface area contributed by atoms with Crippen molar-refractivity contribution in [2.24, 2.45) is 5.73 Å². The molecule has 18 heavy (non-hydrogen) atoms. The molecule has 3 N–H and O–H groups in total. The number of methoxy groups -OCH3 is 1. The van der Waals surface area contributed by atoms with Gasteiger partial charge in [0, 0.05) is 25.7 Å². The van der Waals surface area contributed by atoms with E-state index in [4.69, 9.17) is 10.5 Å². The summed E-state index contributed by atoms with van der Waals surface area (Å²) in [6, 6.07) is 9.52. The van der Waals surface area contributed by atoms with Crippen LogP contribution < -0.4 is 11.1 Å². The SMILES string of the molecule is COCc1ccccc1CNC1CCC(N)CC1. The highest BCUT2D eigenvalue weighted by atomic mass is 16.5. The first-order valence-electron chi connectivity index (χ1n) is 6.84. The summed E-state index contributed by atoms with van der Waals surface area (Å²) in [7, 11) is 1.74. The van der Waals surface area contributed by atoms with Crippen LogP contribution in [0.15, 0.2) is 24.3 Å². The van der Waals surface area contributed by atoms with Crippen LogP contribution >= 0.6 is 0 Å². The zero-order valence-electron chi connectivity index (χ0n) is 11.2. The fraction of sp³-hybridized carbons (Fsp3) is 0.600. The summed E-state index contributed by atoms with van der Waals surface area (Å²) in [6.45, 7) is 1.62. The van der Waals surface area contributed by atoms with E-state index in [0.717, 1.165) is 19.4 Å². The molecule has 1 aromatic rings. The summed E-state index contributed by atoms with van der Waals surface area (Å²) in [5.41, 5.74) is 8.54. The summed E-state index contributed by atoms with van der Waals surface area (Å²) < 4.78 is 5.23. The van der Waals surface area contributed by atoms with Crippen molar-refractivity contribution in [3.63, 3.8) is 0 Å². The molecule has 3 nitrogen and oxygen atoms in total. The molecule has 0 aliphatic heterocycles. The molecule has 0 spiro atoms. The molecule has 0 bridgehead atoms. The van der Waals surface area contributed by atoms with Gasteiger partial charge in [0.05, 0.1) is 6.61 Å². The summed E-state index contributed by atoms with van der Waals surface area (Å²) >= 11 is 0. The Bertz CT molecular complexity index is 359. The van der Waals surface area contributed by atoms with E-state index in [1.54, 1.807) is 7.11 Å². The Morgan fingerprint density at radius 1 is 1.17 bits per heavy atom. The normalized spacial score (nSPS) is 24.1. The van der Waals surface area contributed by atoms with Gasteiger partial charge in [-0.05, 0) is 36.8 Å². The highest BCUT2D eigenvalue weighted by Crippen LogP contribution is 2.18. The lowest BCUT2D eigenvalue weighted by Gasteiger charge is -2.27. The molecule has 1 saturated carbocycles. The van der Waals surface area contributed by atoms with Gasteiger partial charge in [-0.25, -0.2) is 0 Å². The predicted octanol–water partition coefficient (Wildman–Crippen LogP) is 2.19. The summed E-state index contributed by atoms with van der Waals surface area (Å²) in [6.07, 6.45) is 4.70. The second-order valence-electron chi connectivity index (χ2n) is 5.19. The van der Waals surface area contributed by atoms with Crippen molar-refractivity contribution in [3.8, 4) is 0 Å². The summed E-state index contributed by atoms with van der Waals surface area (Å²) in [5, 5.41) is 3.65. The van der Waals surface area contributed by atoms with Gasteiger partial charge >= 0.3 is 0 Å². The van der Waals surface area contributed by atoms with E-state index in [1.807, 2.05) is 0 Å². The molecule has 0 amide bonds. The van der Waals surface area contributed by atoms with E-state index in [2.05, 4.69) is 29.6 Å². The van der Waals surface area contributed by atoms with Crippen molar-refractivity contribution in [1.29, 1.82) is 0 Å². The third-order valence-corrected chi connectivity index (χ3v) is 3.77. The van der Waals surface area contributed by atoms with Gasteiger partial charge in [0.25, 0.3) is 0 Å². The average Bonchev–Trinajstić information content (AvgIpc) is 2.40. The van der Waals surface area contributed by atoms with Crippen molar-refractivity contribution >= 4 is 0 Å². The Hall–Kier alpha value is -0.900. The third kappa shape index (κ3) is 3.80. The van der Waals surface area contributed by atoms with Crippen LogP contribution in [-0.2, 0) is 17.9 Å². The maximum absolute atomic E-state index is 5.92. The van der Waals surface area contributed by atoms with Gasteiger partial charge in [-0.2, -0.15) is 0 Å². The standard InChI is InChI=1S/C15H24N2O/c1-18-11-13-5-3-2-4-12(13)10-17-15-8-6-14(16)7-9-15/h2-5,14-15,17H,6-11,16H2,1H3. The second kappa shape index (κ2) is 6.88. The van der Waals surface area contributed by atoms with Crippen LogP contribution in [0.25, 0.3) is 0 Å². The van der Waals surface area contributed by atoms with Crippen LogP contribution in [-0.4, -0.2) is 19.2 Å². The topological polar surface area (TPSA) is 47.3 Å². The molecule has 0 unspecified atom stereocenters. The first kappa shape index (κ1) is 13.5. The highest BCUT2D eigenvalue weighted by Gasteiger charge is 2.17. The van der Waals surface area contributed by atoms with E-state index >= 15 is 0 Å². The fourth-order valence-electron chi connectivity index (χ4n) is 2.60. The minimum absolute atomic E-state index is 0.420. The largest absolute Gasteiger partial charge is 0.380 e. The number of ether oxygens (including phenoxy) is 1. The van der Waals surface area contributed by atoms with Crippen molar-refractivity contribution in [2.45, 2.75) is 50.9 Å². The molecule has 2 rings (SSSR count). The van der Waals surface area contributed by atoms with Gasteiger partial charge in [-0.1, -0.05) is 24.3 Å². The molecule has 1 aliphatic rings. The number of nitrogens with two attached hydrogens (primary N) is 1. The van der Waals surface area contributed by atoms with E-state index in [0.29, 0.717) is 18.7 Å². The Morgan fingerprint density at radius 3 is 2.50 bits per heavy atom. The van der Waals surface area contributed by atoms with Crippen molar-refractivity contribution in [3.05, 3.63) is 35.4 Å². The maximum atomic E-state index is 5.92. The molecular weight excluding hydrogens is 224 g/mol. The molecule has 0 radical (unpaired) electrons.